The van der Waals surface area contributed by atoms with Crippen molar-refractivity contribution < 1.29 is 32.8 Å². The van der Waals surface area contributed by atoms with E-state index in [4.69, 9.17) is 18.4 Å². The van der Waals surface area contributed by atoms with Crippen molar-refractivity contribution in [2.75, 3.05) is 13.2 Å². The Morgan fingerprint density at radius 3 is 2.69 bits per heavy atom. The van der Waals surface area contributed by atoms with E-state index in [1.54, 1.807) is 26.0 Å². The quantitative estimate of drug-likeness (QED) is 0.672. The minimum Gasteiger partial charge on any atom is -0.467 e. The second-order valence-electron chi connectivity index (χ2n) is 6.15. The van der Waals surface area contributed by atoms with Crippen LogP contribution in [0.25, 0.3) is 0 Å². The van der Waals surface area contributed by atoms with E-state index < -0.39 is 24.0 Å². The molecule has 10 heteroatoms. The van der Waals surface area contributed by atoms with Crippen LogP contribution in [0.2, 0.25) is 0 Å². The summed E-state index contributed by atoms with van der Waals surface area (Å²) in [5.41, 5.74) is 0.893. The lowest BCUT2D eigenvalue weighted by molar-refractivity contribution is -0.139. The van der Waals surface area contributed by atoms with Gasteiger partial charge in [0, 0.05) is 0 Å². The fourth-order valence-corrected chi connectivity index (χ4v) is 2.98. The summed E-state index contributed by atoms with van der Waals surface area (Å²) in [6.07, 6.45) is 1.91. The number of aryl methyl sites for hydroxylation is 2. The van der Waals surface area contributed by atoms with Crippen molar-refractivity contribution in [1.82, 2.24) is 15.8 Å². The van der Waals surface area contributed by atoms with E-state index in [2.05, 4.69) is 15.8 Å². The fourth-order valence-electron chi connectivity index (χ4n) is 2.98. The summed E-state index contributed by atoms with van der Waals surface area (Å²) in [6, 6.07) is 1.80. The Morgan fingerprint density at radius 2 is 2.03 bits per heavy atom. The Hall–Kier alpha value is -3.56. The number of esters is 2. The minimum atomic E-state index is -0.880. The number of carbonyl (C=O) groups is 3. The molecule has 0 aliphatic carbocycles. The highest BCUT2D eigenvalue weighted by molar-refractivity contribution is 5.95. The molecule has 2 N–H and O–H groups in total. The summed E-state index contributed by atoms with van der Waals surface area (Å²) < 4.78 is 20.8. The van der Waals surface area contributed by atoms with Crippen molar-refractivity contribution in [3.63, 3.8) is 0 Å². The Bertz CT molecular complexity index is 943. The molecule has 10 nitrogen and oxygen atoms in total. The van der Waals surface area contributed by atoms with Crippen LogP contribution in [0.4, 0.5) is 4.79 Å². The van der Waals surface area contributed by atoms with Gasteiger partial charge in [-0.25, -0.2) is 14.4 Å². The standard InChI is InChI=1S/C19H21N3O7/c1-4-11-14(10(3)29-22-11)17(23)28-9-12-15(18(24)26-5-2)16(21-19(25)20-12)13-7-6-8-27-13/h6-8,16H,4-5,9H2,1-3H3,(H2,20,21,25). The number of nitrogens with zero attached hydrogens (tertiary/aromatic N) is 1. The van der Waals surface area contributed by atoms with Gasteiger partial charge in [0.2, 0.25) is 0 Å². The Kier molecular flexibility index (Phi) is 6.01. The average Bonchev–Trinajstić information content (AvgIpc) is 3.35. The second kappa shape index (κ2) is 8.63. The zero-order valence-corrected chi connectivity index (χ0v) is 16.2. The highest BCUT2D eigenvalue weighted by atomic mass is 16.5. The predicted octanol–water partition coefficient (Wildman–Crippen LogP) is 2.17. The molecule has 1 atom stereocenters. The average molecular weight is 403 g/mol. The number of nitrogens with one attached hydrogen (secondary N) is 2. The number of hydrogen-bond acceptors (Lipinski definition) is 8. The molecule has 0 aromatic carbocycles. The lowest BCUT2D eigenvalue weighted by atomic mass is 10.0. The van der Waals surface area contributed by atoms with Crippen LogP contribution in [0.15, 0.2) is 38.6 Å². The monoisotopic (exact) mass is 403 g/mol. The van der Waals surface area contributed by atoms with Crippen LogP contribution >= 0.6 is 0 Å². The maximum atomic E-state index is 12.6. The molecule has 0 saturated carbocycles. The lowest BCUT2D eigenvalue weighted by Gasteiger charge is -2.27. The van der Waals surface area contributed by atoms with Crippen LogP contribution in [-0.2, 0) is 20.7 Å². The lowest BCUT2D eigenvalue weighted by Crippen LogP contribution is -2.47. The van der Waals surface area contributed by atoms with Gasteiger partial charge >= 0.3 is 18.0 Å². The van der Waals surface area contributed by atoms with Gasteiger partial charge < -0.3 is 29.0 Å². The third kappa shape index (κ3) is 4.15. The zero-order chi connectivity index (χ0) is 21.0. The number of urea groups is 1. The molecule has 2 aromatic heterocycles. The topological polar surface area (TPSA) is 133 Å². The first kappa shape index (κ1) is 20.2. The van der Waals surface area contributed by atoms with Crippen molar-refractivity contribution in [1.29, 1.82) is 0 Å². The summed E-state index contributed by atoms with van der Waals surface area (Å²) in [7, 11) is 0. The first-order valence-corrected chi connectivity index (χ1v) is 9.09. The fraction of sp³-hybridized carbons (Fsp3) is 0.368. The van der Waals surface area contributed by atoms with Crippen LogP contribution in [-0.4, -0.2) is 36.3 Å². The van der Waals surface area contributed by atoms with E-state index in [1.807, 2.05) is 6.92 Å². The van der Waals surface area contributed by atoms with Crippen LogP contribution in [0.5, 0.6) is 0 Å². The van der Waals surface area contributed by atoms with Gasteiger partial charge in [-0.15, -0.1) is 0 Å². The first-order valence-electron chi connectivity index (χ1n) is 9.09. The van der Waals surface area contributed by atoms with Crippen molar-refractivity contribution in [3.05, 3.63) is 52.4 Å². The molecule has 154 valence electrons. The third-order valence-electron chi connectivity index (χ3n) is 4.30. The molecule has 0 fully saturated rings. The van der Waals surface area contributed by atoms with Crippen LogP contribution in [0.3, 0.4) is 0 Å². The van der Waals surface area contributed by atoms with Crippen LogP contribution < -0.4 is 10.6 Å². The van der Waals surface area contributed by atoms with E-state index in [9.17, 15) is 14.4 Å². The number of ether oxygens (including phenoxy) is 2. The maximum absolute atomic E-state index is 12.6. The zero-order valence-electron chi connectivity index (χ0n) is 16.2. The van der Waals surface area contributed by atoms with Crippen LogP contribution in [0, 0.1) is 6.92 Å². The number of hydrogen-bond donors (Lipinski definition) is 2. The number of rotatable bonds is 7. The molecular formula is C19H21N3O7. The normalized spacial score (nSPS) is 16.2. The molecule has 1 unspecified atom stereocenters. The number of aromatic nitrogens is 1. The van der Waals surface area contributed by atoms with Gasteiger partial charge in [0.05, 0.1) is 29.8 Å². The molecule has 0 saturated heterocycles. The third-order valence-corrected chi connectivity index (χ3v) is 4.30. The van der Waals surface area contributed by atoms with E-state index >= 15 is 0 Å². The predicted molar refractivity (Wildman–Crippen MR) is 97.7 cm³/mol. The summed E-state index contributed by atoms with van der Waals surface area (Å²) in [4.78, 5) is 37.2. The summed E-state index contributed by atoms with van der Waals surface area (Å²) in [5.74, 6) is -0.661. The molecule has 0 radical (unpaired) electrons. The second-order valence-corrected chi connectivity index (χ2v) is 6.15. The van der Waals surface area contributed by atoms with Gasteiger partial charge in [0.1, 0.15) is 29.7 Å². The van der Waals surface area contributed by atoms with Gasteiger partial charge in [0.25, 0.3) is 0 Å². The van der Waals surface area contributed by atoms with Crippen molar-refractivity contribution >= 4 is 18.0 Å². The van der Waals surface area contributed by atoms with Crippen molar-refractivity contribution in [3.8, 4) is 0 Å². The molecule has 2 aromatic rings. The molecule has 2 amide bonds. The highest BCUT2D eigenvalue weighted by Gasteiger charge is 2.36. The molecule has 3 heterocycles. The maximum Gasteiger partial charge on any atom is 0.344 e. The van der Waals surface area contributed by atoms with Gasteiger partial charge in [-0.2, -0.15) is 0 Å². The van der Waals surface area contributed by atoms with Gasteiger partial charge in [0.15, 0.2) is 0 Å². The van der Waals surface area contributed by atoms with Crippen LogP contribution in [0.1, 0.15) is 47.5 Å². The highest BCUT2D eigenvalue weighted by Crippen LogP contribution is 2.28. The van der Waals surface area contributed by atoms with E-state index in [1.165, 1.54) is 6.26 Å². The molecule has 1 aliphatic rings. The smallest absolute Gasteiger partial charge is 0.344 e. The summed E-state index contributed by atoms with van der Waals surface area (Å²) >= 11 is 0. The Morgan fingerprint density at radius 1 is 1.24 bits per heavy atom. The van der Waals surface area contributed by atoms with E-state index in [0.717, 1.165) is 0 Å². The largest absolute Gasteiger partial charge is 0.467 e. The molecule has 29 heavy (non-hydrogen) atoms. The molecule has 0 bridgehead atoms. The van der Waals surface area contributed by atoms with Gasteiger partial charge in [-0.3, -0.25) is 0 Å². The molecular weight excluding hydrogens is 382 g/mol. The summed E-state index contributed by atoms with van der Waals surface area (Å²) in [5, 5.41) is 8.95. The minimum absolute atomic E-state index is 0.0898. The number of furan rings is 1. The number of carbonyl (C=O) groups excluding carboxylic acids is 3. The van der Waals surface area contributed by atoms with Gasteiger partial charge in [-0.05, 0) is 32.4 Å². The summed E-state index contributed by atoms with van der Waals surface area (Å²) in [6.45, 7) is 4.87. The van der Waals surface area contributed by atoms with Crippen molar-refractivity contribution in [2.24, 2.45) is 0 Å². The Balaban J connectivity index is 1.90. The Labute approximate surface area is 166 Å². The molecule has 0 spiro atoms. The molecule has 1 aliphatic heterocycles. The van der Waals surface area contributed by atoms with E-state index in [-0.39, 0.29) is 30.0 Å². The van der Waals surface area contributed by atoms with E-state index in [0.29, 0.717) is 23.6 Å². The molecule has 3 rings (SSSR count). The van der Waals surface area contributed by atoms with Gasteiger partial charge in [-0.1, -0.05) is 12.1 Å². The number of amides is 2. The SMILES string of the molecule is CCOC(=O)C1=C(COC(=O)c2c(CC)noc2C)NC(=O)NC1c1ccco1. The first-order chi connectivity index (χ1) is 14.0. The van der Waals surface area contributed by atoms with Crippen molar-refractivity contribution in [2.45, 2.75) is 33.2 Å².